The first-order valence-corrected chi connectivity index (χ1v) is 9.83. The Morgan fingerprint density at radius 3 is 2.69 bits per heavy atom. The molecule has 1 aromatic carbocycles. The van der Waals surface area contributed by atoms with E-state index in [1.54, 1.807) is 25.3 Å². The fraction of sp³-hybridized carbons (Fsp3) is 0.368. The average Bonchev–Trinajstić information content (AvgIpc) is 3.42. The van der Waals surface area contributed by atoms with Crippen LogP contribution < -0.4 is 20.6 Å². The topological polar surface area (TPSA) is 159 Å². The van der Waals surface area contributed by atoms with Crippen molar-refractivity contribution >= 4 is 17.9 Å². The van der Waals surface area contributed by atoms with E-state index in [-0.39, 0.29) is 17.3 Å². The minimum Gasteiger partial charge on any atom is -0.493 e. The van der Waals surface area contributed by atoms with Gasteiger partial charge in [0.1, 0.15) is 0 Å². The molecule has 0 unspecified atom stereocenters. The van der Waals surface area contributed by atoms with Gasteiger partial charge in [0.15, 0.2) is 17.2 Å². The van der Waals surface area contributed by atoms with Crippen LogP contribution in [0.5, 0.6) is 11.5 Å². The van der Waals surface area contributed by atoms with Gasteiger partial charge in [-0.1, -0.05) is 25.1 Å². The van der Waals surface area contributed by atoms with Gasteiger partial charge < -0.3 is 15.2 Å². The molecular formula is C19H25N9O4. The standard InChI is InChI=1S/C19H25N9O4/c1-5-27(6-2)11-13-15(22-26-28(13)18-17(20)24-32-25-18)19(29)23-21-10-12-8-7-9-14(30-3)16(12)31-4/h7-10H,5-6,11H2,1-4H3,(H2,20,24)(H,23,29)/b21-10+. The third kappa shape index (κ3) is 4.67. The molecule has 2 aromatic heterocycles. The Labute approximate surface area is 184 Å². The van der Waals surface area contributed by atoms with Gasteiger partial charge in [-0.15, -0.1) is 5.10 Å². The average molecular weight is 443 g/mol. The fourth-order valence-corrected chi connectivity index (χ4v) is 3.01. The van der Waals surface area contributed by atoms with Gasteiger partial charge in [-0.25, -0.2) is 10.1 Å². The van der Waals surface area contributed by atoms with Gasteiger partial charge in [0.05, 0.1) is 26.1 Å². The lowest BCUT2D eigenvalue weighted by Crippen LogP contribution is -2.27. The van der Waals surface area contributed by atoms with E-state index < -0.39 is 5.91 Å². The number of para-hydroxylation sites is 1. The largest absolute Gasteiger partial charge is 0.493 e. The summed E-state index contributed by atoms with van der Waals surface area (Å²) in [4.78, 5) is 14.9. The summed E-state index contributed by atoms with van der Waals surface area (Å²) in [6.45, 7) is 5.90. The zero-order valence-electron chi connectivity index (χ0n) is 18.3. The van der Waals surface area contributed by atoms with E-state index >= 15 is 0 Å². The van der Waals surface area contributed by atoms with Gasteiger partial charge in [-0.05, 0) is 35.5 Å². The molecule has 170 valence electrons. The van der Waals surface area contributed by atoms with Crippen LogP contribution in [-0.4, -0.2) is 69.6 Å². The molecule has 0 saturated heterocycles. The number of aromatic nitrogens is 5. The van der Waals surface area contributed by atoms with Crippen LogP contribution in [0.15, 0.2) is 27.9 Å². The highest BCUT2D eigenvalue weighted by molar-refractivity contribution is 5.94. The van der Waals surface area contributed by atoms with E-state index in [0.29, 0.717) is 29.3 Å². The summed E-state index contributed by atoms with van der Waals surface area (Å²) >= 11 is 0. The van der Waals surface area contributed by atoms with E-state index in [9.17, 15) is 4.79 Å². The van der Waals surface area contributed by atoms with E-state index in [4.69, 9.17) is 15.2 Å². The number of nitrogen functional groups attached to an aromatic ring is 1. The van der Waals surface area contributed by atoms with Crippen molar-refractivity contribution in [2.24, 2.45) is 5.10 Å². The number of hydrazone groups is 1. The fourth-order valence-electron chi connectivity index (χ4n) is 3.01. The van der Waals surface area contributed by atoms with E-state index in [1.807, 2.05) is 13.8 Å². The highest BCUT2D eigenvalue weighted by atomic mass is 16.6. The maximum absolute atomic E-state index is 12.9. The maximum atomic E-state index is 12.9. The molecule has 3 N–H and O–H groups in total. The van der Waals surface area contributed by atoms with Crippen LogP contribution in [0, 0.1) is 0 Å². The highest BCUT2D eigenvalue weighted by Gasteiger charge is 2.25. The van der Waals surface area contributed by atoms with Crippen LogP contribution in [0.4, 0.5) is 5.82 Å². The number of rotatable bonds is 10. The van der Waals surface area contributed by atoms with Crippen LogP contribution in [0.25, 0.3) is 5.82 Å². The number of methoxy groups -OCH3 is 2. The molecule has 0 radical (unpaired) electrons. The van der Waals surface area contributed by atoms with Crippen LogP contribution in [0.3, 0.4) is 0 Å². The second-order valence-corrected chi connectivity index (χ2v) is 6.51. The molecule has 13 nitrogen and oxygen atoms in total. The van der Waals surface area contributed by atoms with Gasteiger partial charge in [0.25, 0.3) is 5.91 Å². The molecule has 0 bridgehead atoms. The zero-order chi connectivity index (χ0) is 23.1. The third-order valence-electron chi connectivity index (χ3n) is 4.75. The van der Waals surface area contributed by atoms with Crippen LogP contribution >= 0.6 is 0 Å². The van der Waals surface area contributed by atoms with Gasteiger partial charge in [-0.2, -0.15) is 9.78 Å². The van der Waals surface area contributed by atoms with Crippen molar-refractivity contribution in [2.45, 2.75) is 20.4 Å². The van der Waals surface area contributed by atoms with Gasteiger partial charge in [-0.3, -0.25) is 9.69 Å². The summed E-state index contributed by atoms with van der Waals surface area (Å²) in [5.41, 5.74) is 9.45. The zero-order valence-corrected chi connectivity index (χ0v) is 18.3. The van der Waals surface area contributed by atoms with Crippen LogP contribution in [0.1, 0.15) is 35.6 Å². The summed E-state index contributed by atoms with van der Waals surface area (Å²) in [6.07, 6.45) is 1.45. The number of carbonyl (C=O) groups excluding carboxylic acids is 1. The second kappa shape index (κ2) is 10.3. The van der Waals surface area contributed by atoms with E-state index in [0.717, 1.165) is 13.1 Å². The molecule has 1 amide bonds. The molecule has 0 aliphatic heterocycles. The molecular weight excluding hydrogens is 418 g/mol. The van der Waals surface area contributed by atoms with Crippen molar-refractivity contribution in [2.75, 3.05) is 33.0 Å². The van der Waals surface area contributed by atoms with Gasteiger partial charge in [0.2, 0.25) is 11.6 Å². The number of hydrogen-bond donors (Lipinski definition) is 2. The summed E-state index contributed by atoms with van der Waals surface area (Å²) in [7, 11) is 3.06. The summed E-state index contributed by atoms with van der Waals surface area (Å²) in [6, 6.07) is 5.32. The Morgan fingerprint density at radius 2 is 2.06 bits per heavy atom. The maximum Gasteiger partial charge on any atom is 0.293 e. The lowest BCUT2D eigenvalue weighted by molar-refractivity contribution is 0.0948. The molecule has 0 spiro atoms. The Kier molecular flexibility index (Phi) is 7.33. The number of anilines is 1. The summed E-state index contributed by atoms with van der Waals surface area (Å²) in [5, 5.41) is 19.4. The number of ether oxygens (including phenoxy) is 2. The molecule has 2 heterocycles. The molecule has 13 heteroatoms. The van der Waals surface area contributed by atoms with Crippen molar-refractivity contribution in [3.05, 3.63) is 35.2 Å². The predicted molar refractivity (Wildman–Crippen MR) is 115 cm³/mol. The first-order chi connectivity index (χ1) is 15.5. The molecule has 0 aliphatic carbocycles. The van der Waals surface area contributed by atoms with E-state index in [2.05, 4.69) is 40.7 Å². The number of amides is 1. The number of carbonyl (C=O) groups is 1. The number of benzene rings is 1. The van der Waals surface area contributed by atoms with Gasteiger partial charge >= 0.3 is 0 Å². The van der Waals surface area contributed by atoms with Crippen molar-refractivity contribution in [1.82, 2.24) is 35.6 Å². The molecule has 0 fully saturated rings. The minimum absolute atomic E-state index is 0.0331. The molecule has 3 aromatic rings. The first kappa shape index (κ1) is 22.7. The van der Waals surface area contributed by atoms with Crippen LogP contribution in [0.2, 0.25) is 0 Å². The van der Waals surface area contributed by atoms with E-state index in [1.165, 1.54) is 18.0 Å². The predicted octanol–water partition coefficient (Wildman–Crippen LogP) is 0.855. The normalized spacial score (nSPS) is 11.3. The Balaban J connectivity index is 1.87. The van der Waals surface area contributed by atoms with Gasteiger partial charge in [0, 0.05) is 12.1 Å². The van der Waals surface area contributed by atoms with Crippen molar-refractivity contribution in [1.29, 1.82) is 0 Å². The Morgan fingerprint density at radius 1 is 1.28 bits per heavy atom. The van der Waals surface area contributed by atoms with Crippen molar-refractivity contribution in [3.8, 4) is 17.3 Å². The number of nitrogens with one attached hydrogen (secondary N) is 1. The second-order valence-electron chi connectivity index (χ2n) is 6.51. The number of nitrogens with zero attached hydrogens (tertiary/aromatic N) is 7. The van der Waals surface area contributed by atoms with Crippen molar-refractivity contribution in [3.63, 3.8) is 0 Å². The first-order valence-electron chi connectivity index (χ1n) is 9.83. The highest BCUT2D eigenvalue weighted by Crippen LogP contribution is 2.29. The number of hydrogen-bond acceptors (Lipinski definition) is 11. The summed E-state index contributed by atoms with van der Waals surface area (Å²) < 4.78 is 16.6. The SMILES string of the molecule is CCN(CC)Cc1c(C(=O)N/N=C/c2cccc(OC)c2OC)nnn1-c1nonc1N. The number of nitrogens with two attached hydrogens (primary N) is 1. The molecule has 3 rings (SSSR count). The molecule has 32 heavy (non-hydrogen) atoms. The Hall–Kier alpha value is -4.00. The lowest BCUT2D eigenvalue weighted by Gasteiger charge is -2.18. The Bertz CT molecular complexity index is 1090. The van der Waals surface area contributed by atoms with Crippen molar-refractivity contribution < 1.29 is 18.9 Å². The summed E-state index contributed by atoms with van der Waals surface area (Å²) in [5.74, 6) is 0.682. The minimum atomic E-state index is -0.549. The quantitative estimate of drug-likeness (QED) is 0.340. The lowest BCUT2D eigenvalue weighted by atomic mass is 10.2. The molecule has 0 aliphatic rings. The third-order valence-corrected chi connectivity index (χ3v) is 4.75. The molecule has 0 atom stereocenters. The monoisotopic (exact) mass is 443 g/mol. The smallest absolute Gasteiger partial charge is 0.293 e. The molecule has 0 saturated carbocycles. The van der Waals surface area contributed by atoms with Crippen LogP contribution in [-0.2, 0) is 6.54 Å².